The van der Waals surface area contributed by atoms with Crippen LogP contribution in [0.2, 0.25) is 0 Å². The molecule has 5 heteroatoms. The Morgan fingerprint density at radius 2 is 2.05 bits per heavy atom. The number of aryl methyl sites for hydroxylation is 1. The molecule has 2 aliphatic rings. The molecule has 0 amide bonds. The molecule has 0 aliphatic carbocycles. The Bertz CT molecular complexity index is 660. The smallest absolute Gasteiger partial charge is 0.225 e. The van der Waals surface area contributed by atoms with Gasteiger partial charge in [0.2, 0.25) is 5.95 Å². The monoisotopic (exact) mass is 314 g/mol. The number of rotatable bonds is 3. The van der Waals surface area contributed by atoms with Gasteiger partial charge in [0.05, 0.1) is 5.69 Å². The van der Waals surface area contributed by atoms with Crippen molar-refractivity contribution >= 4 is 17.3 Å². The van der Waals surface area contributed by atoms with Crippen molar-refractivity contribution in [2.75, 3.05) is 24.5 Å². The number of fused-ring (bicyclic) bond motifs is 1. The number of hydrogen-bond acceptors (Lipinski definition) is 5. The Labute approximate surface area is 135 Å². The zero-order valence-corrected chi connectivity index (χ0v) is 13.9. The van der Waals surface area contributed by atoms with E-state index in [9.17, 15) is 0 Å². The summed E-state index contributed by atoms with van der Waals surface area (Å²) in [5, 5.41) is 0. The van der Waals surface area contributed by atoms with Gasteiger partial charge in [-0.15, -0.1) is 11.3 Å². The summed E-state index contributed by atoms with van der Waals surface area (Å²) in [6.07, 6.45) is 5.65. The molecule has 2 aromatic heterocycles. The second-order valence-corrected chi connectivity index (χ2v) is 7.68. The number of nitrogens with zero attached hydrogens (tertiary/aromatic N) is 4. The first-order chi connectivity index (χ1) is 10.8. The van der Waals surface area contributed by atoms with E-state index in [2.05, 4.69) is 40.0 Å². The summed E-state index contributed by atoms with van der Waals surface area (Å²) in [6, 6.07) is 4.46. The summed E-state index contributed by atoms with van der Waals surface area (Å²) in [6.45, 7) is 7.53. The fourth-order valence-corrected chi connectivity index (χ4v) is 4.29. The van der Waals surface area contributed by atoms with Gasteiger partial charge in [0.25, 0.3) is 0 Å². The average molecular weight is 314 g/mol. The minimum Gasteiger partial charge on any atom is -0.341 e. The Morgan fingerprint density at radius 3 is 2.82 bits per heavy atom. The molecule has 22 heavy (non-hydrogen) atoms. The van der Waals surface area contributed by atoms with Gasteiger partial charge in [0.1, 0.15) is 0 Å². The van der Waals surface area contributed by atoms with Crippen LogP contribution in [0.5, 0.6) is 0 Å². The zero-order chi connectivity index (χ0) is 14.9. The third-order valence-corrected chi connectivity index (χ3v) is 5.55. The van der Waals surface area contributed by atoms with Crippen LogP contribution in [0.15, 0.2) is 18.3 Å². The second-order valence-electron chi connectivity index (χ2n) is 6.31. The van der Waals surface area contributed by atoms with E-state index in [1.54, 1.807) is 0 Å². The first-order valence-electron chi connectivity index (χ1n) is 8.15. The maximum Gasteiger partial charge on any atom is 0.225 e. The van der Waals surface area contributed by atoms with E-state index >= 15 is 0 Å². The molecule has 4 rings (SSSR count). The molecular formula is C17H22N4S. The van der Waals surface area contributed by atoms with Gasteiger partial charge in [0.15, 0.2) is 0 Å². The van der Waals surface area contributed by atoms with Gasteiger partial charge in [-0.25, -0.2) is 9.97 Å². The maximum absolute atomic E-state index is 4.83. The van der Waals surface area contributed by atoms with Crippen LogP contribution in [0.25, 0.3) is 0 Å². The second kappa shape index (κ2) is 5.97. The summed E-state index contributed by atoms with van der Waals surface area (Å²) in [4.78, 5) is 17.1. The molecule has 2 aliphatic heterocycles. The molecule has 4 nitrogen and oxygen atoms in total. The molecule has 0 spiro atoms. The molecule has 0 bridgehead atoms. The van der Waals surface area contributed by atoms with E-state index in [0.717, 1.165) is 45.1 Å². The quantitative estimate of drug-likeness (QED) is 0.872. The van der Waals surface area contributed by atoms with Crippen LogP contribution in [0.4, 0.5) is 5.95 Å². The summed E-state index contributed by atoms with van der Waals surface area (Å²) in [5.74, 6) is 0.943. The fraction of sp³-hybridized carbons (Fsp3) is 0.529. The third kappa shape index (κ3) is 2.88. The third-order valence-electron chi connectivity index (χ3n) is 4.56. The molecule has 0 atom stereocenters. The maximum atomic E-state index is 4.83. The summed E-state index contributed by atoms with van der Waals surface area (Å²) < 4.78 is 0. The van der Waals surface area contributed by atoms with Crippen molar-refractivity contribution in [3.05, 3.63) is 39.3 Å². The van der Waals surface area contributed by atoms with Crippen molar-refractivity contribution < 1.29 is 0 Å². The molecule has 116 valence electrons. The van der Waals surface area contributed by atoms with Crippen LogP contribution in [0, 0.1) is 6.92 Å². The predicted molar refractivity (Wildman–Crippen MR) is 90.4 cm³/mol. The molecule has 0 saturated carbocycles. The van der Waals surface area contributed by atoms with Gasteiger partial charge in [-0.3, -0.25) is 4.90 Å². The van der Waals surface area contributed by atoms with Gasteiger partial charge >= 0.3 is 0 Å². The number of hydrogen-bond donors (Lipinski definition) is 0. The molecule has 1 saturated heterocycles. The lowest BCUT2D eigenvalue weighted by atomic mass is 10.1. The minimum absolute atomic E-state index is 0.943. The highest BCUT2D eigenvalue weighted by molar-refractivity contribution is 7.11. The molecule has 0 N–H and O–H groups in total. The first-order valence-corrected chi connectivity index (χ1v) is 8.97. The lowest BCUT2D eigenvalue weighted by Gasteiger charge is -2.28. The van der Waals surface area contributed by atoms with Crippen LogP contribution >= 0.6 is 11.3 Å². The molecule has 1 fully saturated rings. The Balaban J connectivity index is 1.47. The highest BCUT2D eigenvalue weighted by atomic mass is 32.1. The summed E-state index contributed by atoms with van der Waals surface area (Å²) >= 11 is 1.90. The lowest BCUT2D eigenvalue weighted by Crippen LogP contribution is -2.31. The van der Waals surface area contributed by atoms with Crippen LogP contribution in [0.3, 0.4) is 0 Å². The average Bonchev–Trinajstić information content (AvgIpc) is 3.19. The van der Waals surface area contributed by atoms with Gasteiger partial charge in [-0.2, -0.15) is 0 Å². The summed E-state index contributed by atoms with van der Waals surface area (Å²) in [7, 11) is 0. The van der Waals surface area contributed by atoms with Gasteiger partial charge in [-0.1, -0.05) is 0 Å². The van der Waals surface area contributed by atoms with Crippen LogP contribution in [-0.4, -0.2) is 34.5 Å². The Hall–Kier alpha value is -1.46. The van der Waals surface area contributed by atoms with E-state index in [0.29, 0.717) is 0 Å². The van der Waals surface area contributed by atoms with Crippen LogP contribution < -0.4 is 4.90 Å². The molecular weight excluding hydrogens is 292 g/mol. The standard InChI is InChI=1S/C17H22N4S/c1-13-4-5-15(22-13)12-20-9-6-16-14(11-20)10-18-17(19-16)21-7-2-3-8-21/h4-5,10H,2-3,6-9,11-12H2,1H3. The lowest BCUT2D eigenvalue weighted by molar-refractivity contribution is 0.245. The van der Waals surface area contributed by atoms with E-state index in [1.807, 2.05) is 11.3 Å². The topological polar surface area (TPSA) is 32.3 Å². The molecule has 4 heterocycles. The van der Waals surface area contributed by atoms with E-state index < -0.39 is 0 Å². The van der Waals surface area contributed by atoms with Crippen molar-refractivity contribution in [2.24, 2.45) is 0 Å². The summed E-state index contributed by atoms with van der Waals surface area (Å²) in [5.41, 5.74) is 2.57. The Kier molecular flexibility index (Phi) is 3.84. The van der Waals surface area contributed by atoms with Crippen molar-refractivity contribution in [2.45, 2.75) is 39.3 Å². The highest BCUT2D eigenvalue weighted by Gasteiger charge is 2.21. The van der Waals surface area contributed by atoms with Crippen molar-refractivity contribution in [1.29, 1.82) is 0 Å². The van der Waals surface area contributed by atoms with E-state index in [4.69, 9.17) is 4.98 Å². The SMILES string of the molecule is Cc1ccc(CN2CCc3nc(N4CCCC4)ncc3C2)s1. The minimum atomic E-state index is 0.943. The molecule has 0 aromatic carbocycles. The van der Waals surface area contributed by atoms with Crippen molar-refractivity contribution in [3.8, 4) is 0 Å². The van der Waals surface area contributed by atoms with Gasteiger partial charge < -0.3 is 4.90 Å². The van der Waals surface area contributed by atoms with E-state index in [-0.39, 0.29) is 0 Å². The van der Waals surface area contributed by atoms with Crippen LogP contribution in [0.1, 0.15) is 33.9 Å². The van der Waals surface area contributed by atoms with Crippen LogP contribution in [-0.2, 0) is 19.5 Å². The molecule has 0 radical (unpaired) electrons. The van der Waals surface area contributed by atoms with Crippen molar-refractivity contribution in [1.82, 2.24) is 14.9 Å². The molecule has 2 aromatic rings. The van der Waals surface area contributed by atoms with Gasteiger partial charge in [-0.05, 0) is 31.9 Å². The number of aromatic nitrogens is 2. The van der Waals surface area contributed by atoms with Crippen molar-refractivity contribution in [3.63, 3.8) is 0 Å². The Morgan fingerprint density at radius 1 is 1.18 bits per heavy atom. The fourth-order valence-electron chi connectivity index (χ4n) is 3.36. The largest absolute Gasteiger partial charge is 0.341 e. The molecule has 0 unspecified atom stereocenters. The predicted octanol–water partition coefficient (Wildman–Crippen LogP) is 3.01. The number of thiophene rings is 1. The number of anilines is 1. The normalized spacial score (nSPS) is 18.7. The van der Waals surface area contributed by atoms with Gasteiger partial charge in [0, 0.05) is 60.7 Å². The first kappa shape index (κ1) is 14.2. The highest BCUT2D eigenvalue weighted by Crippen LogP contribution is 2.24. The van der Waals surface area contributed by atoms with E-state index in [1.165, 1.54) is 33.9 Å². The zero-order valence-electron chi connectivity index (χ0n) is 13.1.